The molecule has 0 aromatic heterocycles. The fourth-order valence-corrected chi connectivity index (χ4v) is 5.16. The van der Waals surface area contributed by atoms with Crippen molar-refractivity contribution in [3.05, 3.63) is 30.1 Å². The Morgan fingerprint density at radius 3 is 2.61 bits per heavy atom. The van der Waals surface area contributed by atoms with E-state index in [0.717, 1.165) is 26.2 Å². The Morgan fingerprint density at radius 1 is 1.18 bits per heavy atom. The number of benzene rings is 1. The lowest BCUT2D eigenvalue weighted by atomic mass is 9.84. The van der Waals surface area contributed by atoms with Gasteiger partial charge in [0.2, 0.25) is 17.7 Å². The van der Waals surface area contributed by atoms with Crippen LogP contribution < -0.4 is 15.5 Å². The van der Waals surface area contributed by atoms with Crippen LogP contribution in [-0.2, 0) is 14.4 Å². The second-order valence-electron chi connectivity index (χ2n) is 9.75. The Bertz CT molecular complexity index is 902. The van der Waals surface area contributed by atoms with Crippen molar-refractivity contribution >= 4 is 23.4 Å². The topological polar surface area (TPSA) is 85.0 Å². The lowest BCUT2D eigenvalue weighted by Crippen LogP contribution is -2.50. The first kappa shape index (κ1) is 23.5. The fourth-order valence-electron chi connectivity index (χ4n) is 5.16. The van der Waals surface area contributed by atoms with Gasteiger partial charge in [-0.2, -0.15) is 0 Å². The Balaban J connectivity index is 1.20. The van der Waals surface area contributed by atoms with Crippen molar-refractivity contribution in [1.29, 1.82) is 0 Å². The smallest absolute Gasteiger partial charge is 0.242 e. The van der Waals surface area contributed by atoms with Crippen molar-refractivity contribution in [2.24, 2.45) is 11.3 Å². The van der Waals surface area contributed by atoms with Crippen LogP contribution in [0.4, 0.5) is 10.1 Å². The predicted molar refractivity (Wildman–Crippen MR) is 123 cm³/mol. The summed E-state index contributed by atoms with van der Waals surface area (Å²) in [6.07, 6.45) is 1.04. The molecule has 1 aromatic rings. The number of para-hydroxylation sites is 1. The number of rotatable bonds is 6. The van der Waals surface area contributed by atoms with Crippen LogP contribution in [0.5, 0.6) is 0 Å². The number of nitrogens with one attached hydrogen (secondary N) is 2. The quantitative estimate of drug-likeness (QED) is 0.658. The van der Waals surface area contributed by atoms with Gasteiger partial charge in [0.1, 0.15) is 11.9 Å². The molecule has 1 aromatic carbocycles. The van der Waals surface area contributed by atoms with E-state index < -0.39 is 11.5 Å². The van der Waals surface area contributed by atoms with E-state index in [1.165, 1.54) is 6.07 Å². The number of carbonyl (C=O) groups is 3. The maximum absolute atomic E-state index is 14.0. The summed E-state index contributed by atoms with van der Waals surface area (Å²) in [5.74, 6) is -0.529. The molecule has 3 saturated heterocycles. The van der Waals surface area contributed by atoms with Gasteiger partial charge in [0.25, 0.3) is 0 Å². The van der Waals surface area contributed by atoms with E-state index in [-0.39, 0.29) is 29.5 Å². The summed E-state index contributed by atoms with van der Waals surface area (Å²) in [6, 6.07) is 6.27. The lowest BCUT2D eigenvalue weighted by Gasteiger charge is -2.36. The lowest BCUT2D eigenvalue weighted by molar-refractivity contribution is -0.134. The summed E-state index contributed by atoms with van der Waals surface area (Å²) in [5, 5.41) is 5.80. The molecule has 4 rings (SSSR count). The van der Waals surface area contributed by atoms with Crippen LogP contribution in [0.25, 0.3) is 0 Å². The highest BCUT2D eigenvalue weighted by Gasteiger charge is 2.53. The van der Waals surface area contributed by atoms with E-state index in [1.807, 2.05) is 24.8 Å². The molecule has 0 bridgehead atoms. The maximum atomic E-state index is 14.0. The van der Waals surface area contributed by atoms with Gasteiger partial charge in [0.05, 0.1) is 11.1 Å². The van der Waals surface area contributed by atoms with E-state index in [0.29, 0.717) is 44.7 Å². The third-order valence-corrected chi connectivity index (χ3v) is 7.15. The van der Waals surface area contributed by atoms with Gasteiger partial charge < -0.3 is 20.4 Å². The SMILES string of the molecule is CC(C)C(=O)N1CC[C@@]2(C[C@@H](C(=O)NCCN3CCN(c4ccccc4F)CC3)NC2=O)C1. The summed E-state index contributed by atoms with van der Waals surface area (Å²) in [5.41, 5.74) is -0.00721. The molecule has 3 aliphatic heterocycles. The molecule has 3 heterocycles. The average Bonchev–Trinajstić information content (AvgIpc) is 3.38. The molecule has 0 radical (unpaired) electrons. The molecule has 3 aliphatic rings. The average molecular weight is 460 g/mol. The molecule has 3 amide bonds. The van der Waals surface area contributed by atoms with Crippen molar-refractivity contribution in [3.8, 4) is 0 Å². The molecule has 0 aliphatic carbocycles. The van der Waals surface area contributed by atoms with Crippen LogP contribution >= 0.6 is 0 Å². The summed E-state index contributed by atoms with van der Waals surface area (Å²) in [7, 11) is 0. The zero-order valence-corrected chi connectivity index (χ0v) is 19.5. The van der Waals surface area contributed by atoms with Crippen LogP contribution in [0, 0.1) is 17.2 Å². The molecule has 3 fully saturated rings. The molecule has 1 spiro atoms. The highest BCUT2D eigenvalue weighted by atomic mass is 19.1. The van der Waals surface area contributed by atoms with E-state index in [2.05, 4.69) is 15.5 Å². The minimum atomic E-state index is -0.643. The van der Waals surface area contributed by atoms with E-state index in [9.17, 15) is 18.8 Å². The van der Waals surface area contributed by atoms with Crippen molar-refractivity contribution in [2.75, 3.05) is 57.3 Å². The van der Waals surface area contributed by atoms with Gasteiger partial charge in [-0.15, -0.1) is 0 Å². The van der Waals surface area contributed by atoms with Crippen LogP contribution in [0.15, 0.2) is 24.3 Å². The number of halogens is 1. The highest BCUT2D eigenvalue weighted by molar-refractivity contribution is 5.95. The molecule has 8 nitrogen and oxygen atoms in total. The van der Waals surface area contributed by atoms with Gasteiger partial charge in [-0.05, 0) is 25.0 Å². The number of amides is 3. The normalized spacial score (nSPS) is 25.7. The van der Waals surface area contributed by atoms with Gasteiger partial charge in [-0.25, -0.2) is 4.39 Å². The fraction of sp³-hybridized carbons (Fsp3) is 0.625. The third-order valence-electron chi connectivity index (χ3n) is 7.15. The molecule has 2 N–H and O–H groups in total. The Labute approximate surface area is 194 Å². The van der Waals surface area contributed by atoms with Crippen LogP contribution in [0.2, 0.25) is 0 Å². The molecular formula is C24H34FN5O3. The maximum Gasteiger partial charge on any atom is 0.242 e. The van der Waals surface area contributed by atoms with E-state index in [1.54, 1.807) is 17.0 Å². The van der Waals surface area contributed by atoms with E-state index >= 15 is 0 Å². The van der Waals surface area contributed by atoms with Gasteiger partial charge >= 0.3 is 0 Å². The first-order chi connectivity index (χ1) is 15.8. The van der Waals surface area contributed by atoms with Gasteiger partial charge in [0.15, 0.2) is 0 Å². The first-order valence-corrected chi connectivity index (χ1v) is 11.9. The van der Waals surface area contributed by atoms with Crippen molar-refractivity contribution < 1.29 is 18.8 Å². The second kappa shape index (κ2) is 9.67. The van der Waals surface area contributed by atoms with Crippen molar-refractivity contribution in [1.82, 2.24) is 20.4 Å². The zero-order chi connectivity index (χ0) is 23.6. The molecular weight excluding hydrogens is 425 g/mol. The number of hydrogen-bond donors (Lipinski definition) is 2. The third kappa shape index (κ3) is 4.98. The Morgan fingerprint density at radius 2 is 1.91 bits per heavy atom. The minimum absolute atomic E-state index is 0.0580. The van der Waals surface area contributed by atoms with Crippen molar-refractivity contribution in [2.45, 2.75) is 32.7 Å². The number of likely N-dealkylation sites (tertiary alicyclic amines) is 1. The minimum Gasteiger partial charge on any atom is -0.367 e. The summed E-state index contributed by atoms with van der Waals surface area (Å²) >= 11 is 0. The molecule has 0 unspecified atom stereocenters. The zero-order valence-electron chi connectivity index (χ0n) is 19.5. The predicted octanol–water partition coefficient (Wildman–Crippen LogP) is 0.827. The van der Waals surface area contributed by atoms with E-state index in [4.69, 9.17) is 0 Å². The number of nitrogens with zero attached hydrogens (tertiary/aromatic N) is 3. The van der Waals surface area contributed by atoms with Crippen LogP contribution in [-0.4, -0.2) is 85.9 Å². The van der Waals surface area contributed by atoms with Gasteiger partial charge in [-0.3, -0.25) is 19.3 Å². The van der Waals surface area contributed by atoms with Gasteiger partial charge in [-0.1, -0.05) is 26.0 Å². The number of anilines is 1. The summed E-state index contributed by atoms with van der Waals surface area (Å²) < 4.78 is 14.0. The largest absolute Gasteiger partial charge is 0.367 e. The molecule has 33 heavy (non-hydrogen) atoms. The number of piperazine rings is 1. The van der Waals surface area contributed by atoms with Crippen LogP contribution in [0.1, 0.15) is 26.7 Å². The molecule has 2 atom stereocenters. The second-order valence-corrected chi connectivity index (χ2v) is 9.75. The molecule has 180 valence electrons. The van der Waals surface area contributed by atoms with Crippen LogP contribution in [0.3, 0.4) is 0 Å². The standard InChI is InChI=1S/C24H34FN5O3/c1-17(2)22(32)30-9-7-24(16-30)15-19(27-23(24)33)21(31)26-8-10-28-11-13-29(14-12-28)20-6-4-3-5-18(20)25/h3-6,17,19H,7-16H2,1-2H3,(H,26,31)(H,27,33)/t19-,24+/m0/s1. The monoisotopic (exact) mass is 459 g/mol. The number of carbonyl (C=O) groups excluding carboxylic acids is 3. The van der Waals surface area contributed by atoms with Crippen molar-refractivity contribution in [3.63, 3.8) is 0 Å². The first-order valence-electron chi connectivity index (χ1n) is 11.9. The summed E-state index contributed by atoms with van der Waals surface area (Å²) in [4.78, 5) is 43.7. The Kier molecular flexibility index (Phi) is 6.88. The highest BCUT2D eigenvalue weighted by Crippen LogP contribution is 2.40. The number of hydrogen-bond acceptors (Lipinski definition) is 5. The summed E-state index contributed by atoms with van der Waals surface area (Å²) in [6.45, 7) is 8.96. The molecule has 9 heteroatoms. The Hall–Kier alpha value is -2.68. The van der Waals surface area contributed by atoms with Gasteiger partial charge in [0, 0.05) is 58.3 Å². The molecule has 0 saturated carbocycles.